The van der Waals surface area contributed by atoms with Gasteiger partial charge in [0.05, 0.1) is 0 Å². The van der Waals surface area contributed by atoms with Gasteiger partial charge >= 0.3 is 0 Å². The maximum absolute atomic E-state index is 5.31. The Kier molecular flexibility index (Phi) is 6.88. The van der Waals surface area contributed by atoms with Crippen molar-refractivity contribution in [1.82, 2.24) is 0 Å². The van der Waals surface area contributed by atoms with E-state index >= 15 is 0 Å². The van der Waals surface area contributed by atoms with E-state index in [0.717, 1.165) is 25.0 Å². The van der Waals surface area contributed by atoms with Gasteiger partial charge < -0.3 is 4.74 Å². The monoisotopic (exact) mass is 194 g/mol. The molecule has 0 aromatic rings. The molecule has 0 spiro atoms. The van der Waals surface area contributed by atoms with Crippen molar-refractivity contribution in [3.05, 3.63) is 0 Å². The van der Waals surface area contributed by atoms with Crippen LogP contribution in [0, 0.1) is 5.92 Å². The second-order valence-corrected chi connectivity index (χ2v) is 2.98. The SMILES string of the molecule is CCCOCC(C)CBr. The predicted octanol–water partition coefficient (Wildman–Crippen LogP) is 2.44. The molecule has 0 aliphatic carbocycles. The van der Waals surface area contributed by atoms with Crippen LogP contribution >= 0.6 is 15.9 Å². The summed E-state index contributed by atoms with van der Waals surface area (Å²) in [5, 5.41) is 1.04. The summed E-state index contributed by atoms with van der Waals surface area (Å²) in [4.78, 5) is 0. The minimum atomic E-state index is 0.650. The zero-order valence-corrected chi connectivity index (χ0v) is 7.78. The van der Waals surface area contributed by atoms with Gasteiger partial charge in [0, 0.05) is 18.5 Å². The first-order valence-electron chi connectivity index (χ1n) is 3.45. The van der Waals surface area contributed by atoms with Gasteiger partial charge in [0.1, 0.15) is 0 Å². The average Bonchev–Trinajstić information content (AvgIpc) is 1.89. The highest BCUT2D eigenvalue weighted by Gasteiger charge is 1.96. The second kappa shape index (κ2) is 6.56. The number of hydrogen-bond acceptors (Lipinski definition) is 1. The molecule has 1 atom stereocenters. The van der Waals surface area contributed by atoms with E-state index in [1.54, 1.807) is 0 Å². The Morgan fingerprint density at radius 1 is 1.56 bits per heavy atom. The van der Waals surface area contributed by atoms with Crippen molar-refractivity contribution in [3.8, 4) is 0 Å². The van der Waals surface area contributed by atoms with Crippen molar-refractivity contribution >= 4 is 15.9 Å². The molecule has 0 aromatic heterocycles. The number of hydrogen-bond donors (Lipinski definition) is 0. The third kappa shape index (κ3) is 6.32. The molecular weight excluding hydrogens is 180 g/mol. The first-order valence-corrected chi connectivity index (χ1v) is 4.57. The smallest absolute Gasteiger partial charge is 0.0499 e. The minimum Gasteiger partial charge on any atom is -0.381 e. The summed E-state index contributed by atoms with van der Waals surface area (Å²) in [7, 11) is 0. The van der Waals surface area contributed by atoms with E-state index in [9.17, 15) is 0 Å². The molecule has 1 nitrogen and oxygen atoms in total. The number of rotatable bonds is 5. The number of alkyl halides is 1. The first kappa shape index (κ1) is 9.44. The summed E-state index contributed by atoms with van der Waals surface area (Å²) >= 11 is 3.39. The van der Waals surface area contributed by atoms with Gasteiger partial charge in [0.15, 0.2) is 0 Å². The lowest BCUT2D eigenvalue weighted by atomic mass is 10.2. The summed E-state index contributed by atoms with van der Waals surface area (Å²) in [6, 6.07) is 0. The zero-order chi connectivity index (χ0) is 7.11. The van der Waals surface area contributed by atoms with Crippen LogP contribution in [0.3, 0.4) is 0 Å². The fourth-order valence-electron chi connectivity index (χ4n) is 0.473. The highest BCUT2D eigenvalue weighted by Crippen LogP contribution is 1.99. The summed E-state index contributed by atoms with van der Waals surface area (Å²) in [5.74, 6) is 0.650. The van der Waals surface area contributed by atoms with E-state index in [2.05, 4.69) is 29.8 Å². The maximum Gasteiger partial charge on any atom is 0.0499 e. The highest BCUT2D eigenvalue weighted by molar-refractivity contribution is 9.09. The van der Waals surface area contributed by atoms with Gasteiger partial charge in [-0.05, 0) is 12.3 Å². The molecule has 56 valence electrons. The second-order valence-electron chi connectivity index (χ2n) is 2.33. The molecule has 0 bridgehead atoms. The summed E-state index contributed by atoms with van der Waals surface area (Å²) in [5.41, 5.74) is 0. The quantitative estimate of drug-likeness (QED) is 0.483. The van der Waals surface area contributed by atoms with E-state index in [0.29, 0.717) is 5.92 Å². The van der Waals surface area contributed by atoms with Crippen LogP contribution in [0.1, 0.15) is 20.3 Å². The molecule has 0 aliphatic rings. The van der Waals surface area contributed by atoms with Crippen molar-refractivity contribution in [3.63, 3.8) is 0 Å². The Morgan fingerprint density at radius 3 is 2.67 bits per heavy atom. The molecule has 0 aromatic carbocycles. The summed E-state index contributed by atoms with van der Waals surface area (Å²) in [6.45, 7) is 6.08. The first-order chi connectivity index (χ1) is 4.31. The highest BCUT2D eigenvalue weighted by atomic mass is 79.9. The molecule has 0 amide bonds. The Labute approximate surface area is 65.9 Å². The van der Waals surface area contributed by atoms with Crippen molar-refractivity contribution < 1.29 is 4.74 Å². The Hall–Kier alpha value is 0.440. The van der Waals surface area contributed by atoms with E-state index in [4.69, 9.17) is 4.74 Å². The molecule has 0 radical (unpaired) electrons. The van der Waals surface area contributed by atoms with Crippen molar-refractivity contribution in [2.75, 3.05) is 18.5 Å². The molecule has 0 heterocycles. The zero-order valence-electron chi connectivity index (χ0n) is 6.19. The van der Waals surface area contributed by atoms with Crippen LogP contribution in [0.5, 0.6) is 0 Å². The van der Waals surface area contributed by atoms with Crippen LogP contribution in [0.25, 0.3) is 0 Å². The normalized spacial score (nSPS) is 13.7. The van der Waals surface area contributed by atoms with Gasteiger partial charge in [0.2, 0.25) is 0 Å². The van der Waals surface area contributed by atoms with Crippen molar-refractivity contribution in [2.24, 2.45) is 5.92 Å². The van der Waals surface area contributed by atoms with Crippen LogP contribution in [-0.4, -0.2) is 18.5 Å². The van der Waals surface area contributed by atoms with E-state index in [1.165, 1.54) is 0 Å². The molecule has 0 rings (SSSR count). The molecule has 0 N–H and O–H groups in total. The number of halogens is 1. The minimum absolute atomic E-state index is 0.650. The standard InChI is InChI=1S/C7H15BrO/c1-3-4-9-6-7(2)5-8/h7H,3-6H2,1-2H3. The van der Waals surface area contributed by atoms with Gasteiger partial charge in [-0.25, -0.2) is 0 Å². The Balaban J connectivity index is 2.88. The van der Waals surface area contributed by atoms with Crippen LogP contribution in [-0.2, 0) is 4.74 Å². The molecule has 0 saturated carbocycles. The Morgan fingerprint density at radius 2 is 2.22 bits per heavy atom. The molecule has 2 heteroatoms. The Bertz CT molecular complexity index is 56.9. The lowest BCUT2D eigenvalue weighted by Crippen LogP contribution is -2.07. The van der Waals surface area contributed by atoms with Crippen molar-refractivity contribution in [1.29, 1.82) is 0 Å². The molecule has 1 unspecified atom stereocenters. The predicted molar refractivity (Wildman–Crippen MR) is 44.1 cm³/mol. The van der Waals surface area contributed by atoms with E-state index in [1.807, 2.05) is 0 Å². The maximum atomic E-state index is 5.31. The van der Waals surface area contributed by atoms with Gasteiger partial charge in [-0.3, -0.25) is 0 Å². The fourth-order valence-corrected chi connectivity index (χ4v) is 0.660. The molecule has 0 fully saturated rings. The van der Waals surface area contributed by atoms with Crippen LogP contribution in [0.2, 0.25) is 0 Å². The van der Waals surface area contributed by atoms with E-state index < -0.39 is 0 Å². The average molecular weight is 195 g/mol. The third-order valence-electron chi connectivity index (χ3n) is 1.01. The lowest BCUT2D eigenvalue weighted by molar-refractivity contribution is 0.112. The lowest BCUT2D eigenvalue weighted by Gasteiger charge is -2.06. The largest absolute Gasteiger partial charge is 0.381 e. The fraction of sp³-hybridized carbons (Fsp3) is 1.00. The van der Waals surface area contributed by atoms with Gasteiger partial charge in [-0.2, -0.15) is 0 Å². The summed E-state index contributed by atoms with van der Waals surface area (Å²) < 4.78 is 5.31. The molecule has 0 aliphatic heterocycles. The number of ether oxygens (including phenoxy) is 1. The molecular formula is C7H15BrO. The molecule has 9 heavy (non-hydrogen) atoms. The van der Waals surface area contributed by atoms with Crippen LogP contribution < -0.4 is 0 Å². The van der Waals surface area contributed by atoms with Crippen LogP contribution in [0.15, 0.2) is 0 Å². The summed E-state index contributed by atoms with van der Waals surface area (Å²) in [6.07, 6.45) is 1.12. The van der Waals surface area contributed by atoms with Crippen molar-refractivity contribution in [2.45, 2.75) is 20.3 Å². The molecule has 0 saturated heterocycles. The third-order valence-corrected chi connectivity index (χ3v) is 2.12. The topological polar surface area (TPSA) is 9.23 Å². The van der Waals surface area contributed by atoms with Crippen LogP contribution in [0.4, 0.5) is 0 Å². The van der Waals surface area contributed by atoms with Gasteiger partial charge in [-0.1, -0.05) is 29.8 Å². The van der Waals surface area contributed by atoms with Gasteiger partial charge in [-0.15, -0.1) is 0 Å². The van der Waals surface area contributed by atoms with Gasteiger partial charge in [0.25, 0.3) is 0 Å². The van der Waals surface area contributed by atoms with E-state index in [-0.39, 0.29) is 0 Å².